The van der Waals surface area contributed by atoms with Crippen molar-refractivity contribution in [2.24, 2.45) is 23.2 Å². The Hall–Kier alpha value is -1.23. The van der Waals surface area contributed by atoms with E-state index in [1.54, 1.807) is 0 Å². The van der Waals surface area contributed by atoms with E-state index in [0.717, 1.165) is 41.1 Å². The quantitative estimate of drug-likeness (QED) is 0.752. The number of rotatable bonds is 5. The predicted octanol–water partition coefficient (Wildman–Crippen LogP) is 4.41. The minimum absolute atomic E-state index is 0.175. The van der Waals surface area contributed by atoms with E-state index >= 15 is 0 Å². The van der Waals surface area contributed by atoms with Crippen LogP contribution in [0.4, 0.5) is 0 Å². The Bertz CT molecular complexity index is 707. The second kappa shape index (κ2) is 6.74. The molecule has 4 aliphatic carbocycles. The number of amides is 1. The van der Waals surface area contributed by atoms with Gasteiger partial charge in [-0.05, 0) is 107 Å². The summed E-state index contributed by atoms with van der Waals surface area (Å²) in [5.74, 6) is 2.94. The summed E-state index contributed by atoms with van der Waals surface area (Å²) in [6, 6.07) is 0.297. The third-order valence-corrected chi connectivity index (χ3v) is 7.63. The molecule has 26 heavy (non-hydrogen) atoms. The summed E-state index contributed by atoms with van der Waals surface area (Å²) in [4.78, 5) is 20.1. The van der Waals surface area contributed by atoms with Crippen LogP contribution in [-0.2, 0) is 11.2 Å². The number of hydrogen-bond donors (Lipinski definition) is 2. The Kier molecular flexibility index (Phi) is 4.70. The average Bonchev–Trinajstić information content (AvgIpc) is 2.52. The van der Waals surface area contributed by atoms with Crippen molar-refractivity contribution >= 4 is 18.1 Å². The van der Waals surface area contributed by atoms with Crippen LogP contribution in [0.3, 0.4) is 0 Å². The van der Waals surface area contributed by atoms with Crippen LogP contribution in [0.15, 0.2) is 0 Å². The highest BCUT2D eigenvalue weighted by Gasteiger charge is 2.53. The van der Waals surface area contributed by atoms with Gasteiger partial charge in [0.15, 0.2) is 4.77 Å². The highest BCUT2D eigenvalue weighted by molar-refractivity contribution is 7.71. The Morgan fingerprint density at radius 2 is 1.81 bits per heavy atom. The van der Waals surface area contributed by atoms with Gasteiger partial charge in [-0.2, -0.15) is 0 Å². The molecule has 0 aromatic carbocycles. The summed E-state index contributed by atoms with van der Waals surface area (Å²) in [6.45, 7) is 6.24. The maximum absolute atomic E-state index is 12.6. The van der Waals surface area contributed by atoms with Crippen LogP contribution >= 0.6 is 12.2 Å². The average molecular weight is 374 g/mol. The van der Waals surface area contributed by atoms with Crippen LogP contribution < -0.4 is 5.32 Å². The van der Waals surface area contributed by atoms with E-state index < -0.39 is 0 Å². The number of aryl methyl sites for hydroxylation is 2. The van der Waals surface area contributed by atoms with Gasteiger partial charge >= 0.3 is 0 Å². The molecule has 0 saturated heterocycles. The van der Waals surface area contributed by atoms with Crippen molar-refractivity contribution < 1.29 is 4.79 Å². The summed E-state index contributed by atoms with van der Waals surface area (Å²) in [5.41, 5.74) is 3.46. The molecule has 5 heteroatoms. The first-order chi connectivity index (χ1) is 12.3. The third kappa shape index (κ3) is 3.35. The van der Waals surface area contributed by atoms with Gasteiger partial charge in [0.05, 0.1) is 0 Å². The lowest BCUT2D eigenvalue weighted by Crippen LogP contribution is -2.55. The van der Waals surface area contributed by atoms with Crippen molar-refractivity contribution in [3.63, 3.8) is 0 Å². The molecule has 1 atom stereocenters. The van der Waals surface area contributed by atoms with Crippen LogP contribution in [-0.4, -0.2) is 21.9 Å². The number of aromatic nitrogens is 2. The van der Waals surface area contributed by atoms with Crippen LogP contribution in [0.5, 0.6) is 0 Å². The molecule has 1 heterocycles. The molecular formula is C21H31N3OS. The molecule has 0 unspecified atom stereocenters. The zero-order chi connectivity index (χ0) is 18.5. The first-order valence-electron chi connectivity index (χ1n) is 10.2. The van der Waals surface area contributed by atoms with E-state index in [2.05, 4.69) is 22.2 Å². The van der Waals surface area contributed by atoms with Crippen molar-refractivity contribution in [1.29, 1.82) is 0 Å². The fraction of sp³-hybridized carbons (Fsp3) is 0.762. The normalized spacial score (nSPS) is 33.3. The predicted molar refractivity (Wildman–Crippen MR) is 105 cm³/mol. The lowest BCUT2D eigenvalue weighted by atomic mass is 9.48. The van der Waals surface area contributed by atoms with Gasteiger partial charge in [0.2, 0.25) is 5.91 Å². The molecule has 1 amide bonds. The maximum atomic E-state index is 12.6. The molecule has 4 bridgehead atoms. The first-order valence-corrected chi connectivity index (χ1v) is 10.6. The van der Waals surface area contributed by atoms with E-state index in [-0.39, 0.29) is 5.91 Å². The second-order valence-electron chi connectivity index (χ2n) is 9.30. The minimum Gasteiger partial charge on any atom is -0.353 e. The molecule has 4 aliphatic rings. The van der Waals surface area contributed by atoms with Gasteiger partial charge in [-0.25, -0.2) is 4.98 Å². The standard InChI is InChI=1S/C21H31N3OS/c1-12-18(13(2)23-20(26)22-12)4-5-19(25)24-14(3)21-9-15-6-16(10-21)8-17(7-15)11-21/h14-17H,4-11H2,1-3H3,(H,24,25)(H,22,23,26)/t14-,15?,16?,17?,21?/m1/s1. The summed E-state index contributed by atoms with van der Waals surface area (Å²) < 4.78 is 0.517. The Morgan fingerprint density at radius 3 is 2.35 bits per heavy atom. The molecule has 2 N–H and O–H groups in total. The fourth-order valence-corrected chi connectivity index (χ4v) is 6.83. The van der Waals surface area contributed by atoms with Gasteiger partial charge in [-0.15, -0.1) is 0 Å². The molecule has 4 fully saturated rings. The molecule has 1 aromatic rings. The largest absolute Gasteiger partial charge is 0.353 e. The number of nitrogens with one attached hydrogen (secondary N) is 2. The first kappa shape index (κ1) is 18.1. The number of carbonyl (C=O) groups excluding carboxylic acids is 1. The molecular weight excluding hydrogens is 342 g/mol. The summed E-state index contributed by atoms with van der Waals surface area (Å²) in [6.07, 6.45) is 9.57. The third-order valence-electron chi connectivity index (χ3n) is 7.44. The number of nitrogens with zero attached hydrogens (tertiary/aromatic N) is 1. The topological polar surface area (TPSA) is 57.8 Å². The summed E-state index contributed by atoms with van der Waals surface area (Å²) >= 11 is 5.12. The SMILES string of the molecule is Cc1nc(=S)[nH]c(C)c1CCC(=O)N[C@H](C)C12CC3CC(CC(C3)C1)C2. The number of H-pyrrole nitrogens is 1. The Labute approximate surface area is 161 Å². The second-order valence-corrected chi connectivity index (χ2v) is 9.69. The highest BCUT2D eigenvalue weighted by Crippen LogP contribution is 2.61. The summed E-state index contributed by atoms with van der Waals surface area (Å²) in [5, 5.41) is 3.37. The number of aromatic amines is 1. The lowest BCUT2D eigenvalue weighted by Gasteiger charge is -2.59. The van der Waals surface area contributed by atoms with E-state index in [4.69, 9.17) is 12.2 Å². The molecule has 142 valence electrons. The van der Waals surface area contributed by atoms with Gasteiger partial charge in [0.1, 0.15) is 0 Å². The maximum Gasteiger partial charge on any atom is 0.220 e. The van der Waals surface area contributed by atoms with E-state index in [0.29, 0.717) is 22.6 Å². The van der Waals surface area contributed by atoms with Crippen LogP contribution in [0.25, 0.3) is 0 Å². The molecule has 5 rings (SSSR count). The van der Waals surface area contributed by atoms with Gasteiger partial charge < -0.3 is 10.3 Å². The Morgan fingerprint density at radius 1 is 1.23 bits per heavy atom. The fourth-order valence-electron chi connectivity index (χ4n) is 6.54. The van der Waals surface area contributed by atoms with Gasteiger partial charge in [0, 0.05) is 23.9 Å². The Balaban J connectivity index is 1.37. The highest BCUT2D eigenvalue weighted by atomic mass is 32.1. The number of hydrogen-bond acceptors (Lipinski definition) is 3. The van der Waals surface area contributed by atoms with Crippen LogP contribution in [0.2, 0.25) is 0 Å². The van der Waals surface area contributed by atoms with Gasteiger partial charge in [-0.1, -0.05) is 0 Å². The summed E-state index contributed by atoms with van der Waals surface area (Å²) in [7, 11) is 0. The molecule has 0 radical (unpaired) electrons. The molecule has 4 saturated carbocycles. The van der Waals surface area contributed by atoms with Gasteiger partial charge in [0.25, 0.3) is 0 Å². The lowest BCUT2D eigenvalue weighted by molar-refractivity contribution is -0.125. The van der Waals surface area contributed by atoms with Crippen molar-refractivity contribution in [1.82, 2.24) is 15.3 Å². The van der Waals surface area contributed by atoms with Gasteiger partial charge in [-0.3, -0.25) is 4.79 Å². The smallest absolute Gasteiger partial charge is 0.220 e. The zero-order valence-corrected chi connectivity index (χ0v) is 17.0. The van der Waals surface area contributed by atoms with Crippen molar-refractivity contribution in [2.45, 2.75) is 78.2 Å². The number of carbonyl (C=O) groups is 1. The van der Waals surface area contributed by atoms with Crippen molar-refractivity contribution in [2.75, 3.05) is 0 Å². The monoisotopic (exact) mass is 373 g/mol. The van der Waals surface area contributed by atoms with Crippen molar-refractivity contribution in [3.8, 4) is 0 Å². The molecule has 4 nitrogen and oxygen atoms in total. The zero-order valence-electron chi connectivity index (χ0n) is 16.2. The molecule has 0 aliphatic heterocycles. The van der Waals surface area contributed by atoms with E-state index in [1.807, 2.05) is 13.8 Å². The van der Waals surface area contributed by atoms with Crippen molar-refractivity contribution in [3.05, 3.63) is 21.7 Å². The van der Waals surface area contributed by atoms with E-state index in [9.17, 15) is 4.79 Å². The van der Waals surface area contributed by atoms with Crippen LogP contribution in [0.1, 0.15) is 68.8 Å². The molecule has 0 spiro atoms. The minimum atomic E-state index is 0.175. The van der Waals surface area contributed by atoms with E-state index in [1.165, 1.54) is 38.5 Å². The molecule has 1 aromatic heterocycles. The van der Waals surface area contributed by atoms with Crippen LogP contribution in [0, 0.1) is 41.8 Å².